The maximum atomic E-state index is 12.4. The Balaban J connectivity index is 0.000000236. The third kappa shape index (κ3) is 50.0. The van der Waals surface area contributed by atoms with E-state index < -0.39 is 121 Å². The zero-order valence-electron chi connectivity index (χ0n) is 84.1. The molecular weight excluding hydrogens is 1880 g/mol. The zero-order chi connectivity index (χ0) is 106. The SMILES string of the molecule is CC(=O)C[C@H]1C=CC[C@H](NC(=O)CC2(N)CCCCC2)B(O)O1.CC(=O)C[C@H]1C=CC[C@H](NC(=O)CC2CCC(N)CC2)B(O)O1.CC(=O)C[C@H]1C=CC[C@H](NC(=O)Cc2ccc(COCCN)s2)B(O)O1.CC(=O)C[C@H]1C=CC[C@H](NC(=O)Cc2cccc(OCCCCN)c2)B(O)O1.CC(=O)C[C@H]1C=CC[C@H](NC(=O)Cc2cccc[n+]2O)B(O)O1.CC(=O)C[C@H]1C=CC[C@H](NC(=O)Cc2ccccc2)B(O)O1. The van der Waals surface area contributed by atoms with Crippen LogP contribution in [0.2, 0.25) is 0 Å². The maximum Gasteiger partial charge on any atom is 0.478 e. The molecule has 6 aliphatic heterocycles. The highest BCUT2D eigenvalue weighted by Gasteiger charge is 2.41. The number of nitrogens with zero attached hydrogens (tertiary/aromatic N) is 1. The molecule has 6 amide bonds. The van der Waals surface area contributed by atoms with E-state index >= 15 is 0 Å². The minimum Gasteiger partial charge on any atom is -0.494 e. The van der Waals surface area contributed by atoms with Gasteiger partial charge in [-0.25, -0.2) is 0 Å². The Bertz CT molecular complexity index is 4920. The molecule has 21 N–H and O–H groups in total. The van der Waals surface area contributed by atoms with Gasteiger partial charge in [0.2, 0.25) is 47.3 Å². The summed E-state index contributed by atoms with van der Waals surface area (Å²) < 4.78 is 44.6. The Morgan fingerprint density at radius 1 is 0.407 bits per heavy atom. The number of ether oxygens (including phenoxy) is 2. The number of benzene rings is 2. The van der Waals surface area contributed by atoms with Crippen molar-refractivity contribution in [3.8, 4) is 5.75 Å². The first kappa shape index (κ1) is 122. The van der Waals surface area contributed by atoms with Gasteiger partial charge in [-0.05, 0) is 185 Å². The van der Waals surface area contributed by atoms with Crippen LogP contribution >= 0.6 is 11.3 Å². The summed E-state index contributed by atoms with van der Waals surface area (Å²) in [4.78, 5) is 142. The van der Waals surface area contributed by atoms with Crippen molar-refractivity contribution in [1.82, 2.24) is 31.9 Å². The number of carbonyl (C=O) groups excluding carboxylic acids is 12. The first-order valence-electron chi connectivity index (χ1n) is 50.1. The lowest BCUT2D eigenvalue weighted by Crippen LogP contribution is -2.52. The van der Waals surface area contributed by atoms with Gasteiger partial charge in [0.25, 0.3) is 0 Å². The van der Waals surface area contributed by atoms with Crippen LogP contribution in [0.25, 0.3) is 0 Å². The van der Waals surface area contributed by atoms with Crippen LogP contribution in [-0.2, 0) is 122 Å². The molecule has 2 aliphatic carbocycles. The normalized spacial score (nSPS) is 23.2. The summed E-state index contributed by atoms with van der Waals surface area (Å²) in [5.74, 6) is -3.30. The number of aromatic nitrogens is 1. The first-order valence-corrected chi connectivity index (χ1v) is 50.9. The van der Waals surface area contributed by atoms with Crippen molar-refractivity contribution in [1.29, 1.82) is 0 Å². The number of pyridine rings is 1. The fourth-order valence-electron chi connectivity index (χ4n) is 16.9. The van der Waals surface area contributed by atoms with Crippen LogP contribution in [0.3, 0.4) is 0 Å². The Morgan fingerprint density at radius 3 is 1.17 bits per heavy atom. The topological polar surface area (TPSA) is 600 Å². The summed E-state index contributed by atoms with van der Waals surface area (Å²) in [5, 5.41) is 87.1. The average molecular weight is 2030 g/mol. The number of hydrogen-bond acceptors (Lipinski definition) is 32. The molecule has 4 aromatic rings. The molecule has 0 unspecified atom stereocenters. The number of nitrogens with two attached hydrogens (primary N) is 4. The summed E-state index contributed by atoms with van der Waals surface area (Å²) in [5.41, 5.74) is 24.8. The van der Waals surface area contributed by atoms with Crippen molar-refractivity contribution in [3.63, 3.8) is 0 Å². The van der Waals surface area contributed by atoms with Gasteiger partial charge in [0.1, 0.15) is 46.9 Å². The number of Topliss-reactive ketones (excluding diaryl/α,β-unsaturated/α-hetero) is 6. The summed E-state index contributed by atoms with van der Waals surface area (Å²) >= 11 is 1.51. The van der Waals surface area contributed by atoms with E-state index in [9.17, 15) is 92.9 Å². The number of amides is 6. The Labute approximate surface area is 856 Å². The fraction of sp³-hybridized carbons (Fsp3) is 0.550. The van der Waals surface area contributed by atoms with E-state index in [-0.39, 0.29) is 147 Å². The number of rotatable bonds is 39. The van der Waals surface area contributed by atoms with Crippen molar-refractivity contribution < 1.29 is 135 Å². The van der Waals surface area contributed by atoms with Gasteiger partial charge in [-0.15, -0.1) is 11.3 Å². The molecule has 12 rings (SSSR count). The van der Waals surface area contributed by atoms with Crippen LogP contribution in [0.1, 0.15) is 229 Å². The molecule has 0 bridgehead atoms. The zero-order valence-corrected chi connectivity index (χ0v) is 85.0. The van der Waals surface area contributed by atoms with Crippen molar-refractivity contribution >= 4 is 124 Å². The van der Waals surface area contributed by atoms with E-state index in [0.717, 1.165) is 95.6 Å². The minimum atomic E-state index is -1.20. The lowest BCUT2D eigenvalue weighted by atomic mass is 9.76. The first-order chi connectivity index (χ1) is 69.3. The van der Waals surface area contributed by atoms with Gasteiger partial charge in [-0.3, -0.25) is 62.7 Å². The molecule has 0 saturated heterocycles. The van der Waals surface area contributed by atoms with Crippen LogP contribution in [0, 0.1) is 5.92 Å². The van der Waals surface area contributed by atoms with E-state index in [0.29, 0.717) is 89.5 Å². The van der Waals surface area contributed by atoms with Gasteiger partial charge in [0.05, 0.1) is 111 Å². The predicted molar refractivity (Wildman–Crippen MR) is 550 cm³/mol. The second kappa shape index (κ2) is 66.3. The number of unbranched alkanes of at least 4 members (excludes halogenated alkanes) is 1. The fourth-order valence-corrected chi connectivity index (χ4v) is 17.9. The molecule has 2 aromatic heterocycles. The van der Waals surface area contributed by atoms with Crippen LogP contribution in [0.15, 0.2) is 164 Å². The Kier molecular flexibility index (Phi) is 55.7. The monoisotopic (exact) mass is 2030 g/mol. The van der Waals surface area contributed by atoms with Crippen molar-refractivity contribution in [2.45, 2.75) is 318 Å². The van der Waals surface area contributed by atoms with E-state index in [1.54, 1.807) is 60.7 Å². The van der Waals surface area contributed by atoms with Gasteiger partial charge >= 0.3 is 42.7 Å². The second-order valence-corrected chi connectivity index (χ2v) is 39.1. The molecular formula is C100H148B6N11O27S+. The lowest BCUT2D eigenvalue weighted by molar-refractivity contribution is -0.909. The van der Waals surface area contributed by atoms with Gasteiger partial charge in [-0.2, -0.15) is 0 Å². The number of ketones is 6. The van der Waals surface area contributed by atoms with Crippen LogP contribution in [0.4, 0.5) is 0 Å². The van der Waals surface area contributed by atoms with Crippen LogP contribution < -0.4 is 64.3 Å². The van der Waals surface area contributed by atoms with E-state index in [1.807, 2.05) is 97.1 Å². The molecule has 2 saturated carbocycles. The highest BCUT2D eigenvalue weighted by atomic mass is 32.1. The van der Waals surface area contributed by atoms with Gasteiger partial charge in [0, 0.05) is 96.1 Å². The van der Waals surface area contributed by atoms with Crippen LogP contribution in [-0.4, -0.2) is 258 Å². The number of carbonyl (C=O) groups is 12. The molecule has 145 heavy (non-hydrogen) atoms. The predicted octanol–water partition coefficient (Wildman–Crippen LogP) is 4.00. The average Bonchev–Trinajstić information content (AvgIpc) is 1.78. The smallest absolute Gasteiger partial charge is 0.478 e. The molecule has 788 valence electrons. The third-order valence-corrected chi connectivity index (χ3v) is 25.4. The number of nitrogens with one attached hydrogen (secondary N) is 6. The standard InChI is InChI=1S/C20H29BN2O5.C17H25BN2O5S.2C16H27BN2O4.C16H20BNO4.C15H19BN2O5/c1-15(24)12-18-8-5-9-19(21(26)28-18)23-20(25)14-16-6-4-7-17(13-16)27-11-3-2-10-22;1-12(21)9-13-3-2-4-16(18(23)25-13)20-17(22)10-14-5-6-15(26-14)11-24-8-7-19;1-11(20)9-14-3-2-4-15(17(22)23-14)19-16(21)10-12-5-7-13(18)8-6-12;1-12(20)10-13-6-5-7-14(17(22)23-13)19-15(21)11-16(18)8-3-2-4-9-16;1-12(19)10-14-8-5-9-15(17(21)22-14)18-16(20)11-13-6-3-2-4-7-13;1-11(19)9-13-6-4-7-14(16(21)23-13)17-15(20)10-12-5-2-3-8-18(12)22/h4-8,13,18-19,26H,2-3,9-12,14,22H2,1H3,(H,23,25);2-3,5-6,13,16,23H,4,7-11,19H2,1H3,(H,20,22);2-3,12-15,22H,4-10,18H2,1H3,(H,19,21);5-6,13-14,22H,2-4,7-11,18H2,1H3,(H,19,21);2-8,14-15,21H,9-11H2,1H3,(H,18,20);2-6,8,13-14,21H,7,9-10H2,1H3,(H-,17,20,22)/p+1/t18-,19+;13-,16+;12?,13?,14-,15+;13-,14+;14-,15+;13-,14+/m111111/s1. The van der Waals surface area contributed by atoms with E-state index in [1.165, 1.54) is 65.5 Å². The van der Waals surface area contributed by atoms with Crippen molar-refractivity contribution in [2.75, 3.05) is 26.3 Å². The van der Waals surface area contributed by atoms with Crippen LogP contribution in [0.5, 0.6) is 5.75 Å². The summed E-state index contributed by atoms with van der Waals surface area (Å²) in [6.07, 6.45) is 36.3. The summed E-state index contributed by atoms with van der Waals surface area (Å²) in [6, 6.07) is 25.9. The Morgan fingerprint density at radius 2 is 0.772 bits per heavy atom. The number of hydrogen-bond donors (Lipinski definition) is 17. The quantitative estimate of drug-likeness (QED) is 0.00986. The molecule has 2 aromatic carbocycles. The van der Waals surface area contributed by atoms with Gasteiger partial charge < -0.3 is 122 Å². The second-order valence-electron chi connectivity index (χ2n) is 37.9. The highest BCUT2D eigenvalue weighted by molar-refractivity contribution is 7.12. The molecule has 0 radical (unpaired) electrons. The van der Waals surface area contributed by atoms with Crippen molar-refractivity contribution in [2.24, 2.45) is 28.9 Å². The molecule has 8 heterocycles. The van der Waals surface area contributed by atoms with E-state index in [4.69, 9.17) is 60.3 Å². The van der Waals surface area contributed by atoms with Gasteiger partial charge in [0.15, 0.2) is 0 Å². The number of thiophene rings is 1. The minimum absolute atomic E-state index is 0.00305. The van der Waals surface area contributed by atoms with Crippen molar-refractivity contribution in [3.05, 3.63) is 191 Å². The van der Waals surface area contributed by atoms with E-state index in [2.05, 4.69) is 31.9 Å². The maximum absolute atomic E-state index is 12.4. The summed E-state index contributed by atoms with van der Waals surface area (Å²) in [6.45, 7) is 11.6. The molecule has 2 fully saturated rings. The summed E-state index contributed by atoms with van der Waals surface area (Å²) in [7, 11) is -6.87. The Hall–Kier alpha value is -10.1. The molecule has 12 atom stereocenters. The third-order valence-electron chi connectivity index (χ3n) is 24.3. The molecule has 45 heteroatoms. The van der Waals surface area contributed by atoms with Gasteiger partial charge in [-0.1, -0.05) is 135 Å². The highest BCUT2D eigenvalue weighted by Crippen LogP contribution is 2.31. The lowest BCUT2D eigenvalue weighted by Gasteiger charge is -2.33. The largest absolute Gasteiger partial charge is 0.494 e. The molecule has 38 nitrogen and oxygen atoms in total. The molecule has 8 aliphatic rings. The molecule has 0 spiro atoms.